The number of hydrogen-bond donors (Lipinski definition) is 0. The van der Waals surface area contributed by atoms with Gasteiger partial charge in [-0.25, -0.2) is 0 Å². The number of hydrogen-bond acceptors (Lipinski definition) is 5. The van der Waals surface area contributed by atoms with Gasteiger partial charge in [0, 0.05) is 49.5 Å². The fourth-order valence-corrected chi connectivity index (χ4v) is 5.61. The maximum atomic E-state index is 6.09. The standard InChI is InChI=1S/C18H26N2O2S/c1-2-6-19-16(3-1)11-22-17-9-18(23-12-17)13-20(14-18)10-15-4-7-21-8-5-15/h1-3,6,15,17H,4-5,7-14H2/t17-/m1/s1. The molecule has 0 N–H and O–H groups in total. The van der Waals surface area contributed by atoms with Gasteiger partial charge < -0.3 is 14.4 Å². The van der Waals surface area contributed by atoms with Crippen LogP contribution >= 0.6 is 11.8 Å². The minimum absolute atomic E-state index is 0.396. The largest absolute Gasteiger partial charge is 0.381 e. The van der Waals surface area contributed by atoms with Crippen molar-refractivity contribution >= 4 is 11.8 Å². The van der Waals surface area contributed by atoms with E-state index in [4.69, 9.17) is 9.47 Å². The Morgan fingerprint density at radius 2 is 2.17 bits per heavy atom. The smallest absolute Gasteiger partial charge is 0.0892 e. The second kappa shape index (κ2) is 7.09. The van der Waals surface area contributed by atoms with Gasteiger partial charge in [-0.1, -0.05) is 6.07 Å². The van der Waals surface area contributed by atoms with Gasteiger partial charge >= 0.3 is 0 Å². The lowest BCUT2D eigenvalue weighted by atomic mass is 9.90. The van der Waals surface area contributed by atoms with Crippen molar-refractivity contribution in [3.63, 3.8) is 0 Å². The van der Waals surface area contributed by atoms with Crippen LogP contribution < -0.4 is 0 Å². The fourth-order valence-electron chi connectivity index (χ4n) is 4.01. The van der Waals surface area contributed by atoms with E-state index in [1.165, 1.54) is 38.9 Å². The van der Waals surface area contributed by atoms with E-state index < -0.39 is 0 Å². The number of nitrogens with zero attached hydrogens (tertiary/aromatic N) is 2. The quantitative estimate of drug-likeness (QED) is 0.827. The van der Waals surface area contributed by atoms with Crippen LogP contribution in [-0.2, 0) is 16.1 Å². The van der Waals surface area contributed by atoms with Crippen molar-refractivity contribution in [1.29, 1.82) is 0 Å². The Labute approximate surface area is 142 Å². The molecule has 4 rings (SSSR count). The topological polar surface area (TPSA) is 34.6 Å². The van der Waals surface area contributed by atoms with Crippen molar-refractivity contribution in [2.24, 2.45) is 5.92 Å². The van der Waals surface area contributed by atoms with Crippen LogP contribution in [0.3, 0.4) is 0 Å². The molecular formula is C18H26N2O2S. The SMILES string of the molecule is c1ccc(CO[C@H]2CSC3(C2)CN(CC2CCOCC2)C3)nc1. The highest BCUT2D eigenvalue weighted by Crippen LogP contribution is 2.46. The van der Waals surface area contributed by atoms with Crippen LogP contribution in [0.25, 0.3) is 0 Å². The predicted octanol–water partition coefficient (Wildman–Crippen LogP) is 2.58. The van der Waals surface area contributed by atoms with Crippen LogP contribution in [0, 0.1) is 5.92 Å². The van der Waals surface area contributed by atoms with Crippen molar-refractivity contribution in [2.45, 2.75) is 36.7 Å². The number of rotatable bonds is 5. The molecule has 1 atom stereocenters. The summed E-state index contributed by atoms with van der Waals surface area (Å²) in [6.07, 6.45) is 5.92. The van der Waals surface area contributed by atoms with Crippen molar-refractivity contribution < 1.29 is 9.47 Å². The first kappa shape index (κ1) is 15.9. The van der Waals surface area contributed by atoms with Crippen LogP contribution in [0.2, 0.25) is 0 Å². The van der Waals surface area contributed by atoms with E-state index in [9.17, 15) is 0 Å². The van der Waals surface area contributed by atoms with Gasteiger partial charge in [0.2, 0.25) is 0 Å². The molecular weight excluding hydrogens is 308 g/mol. The van der Waals surface area contributed by atoms with Crippen LogP contribution in [0.4, 0.5) is 0 Å². The molecule has 4 heterocycles. The third-order valence-electron chi connectivity index (χ3n) is 5.25. The van der Waals surface area contributed by atoms with E-state index in [-0.39, 0.29) is 0 Å². The Morgan fingerprint density at radius 1 is 1.30 bits per heavy atom. The van der Waals surface area contributed by atoms with Gasteiger partial charge in [-0.15, -0.1) is 11.8 Å². The van der Waals surface area contributed by atoms with Gasteiger partial charge in [0.25, 0.3) is 0 Å². The highest BCUT2D eigenvalue weighted by molar-refractivity contribution is 8.01. The average molecular weight is 334 g/mol. The average Bonchev–Trinajstić information content (AvgIpc) is 2.99. The maximum Gasteiger partial charge on any atom is 0.0892 e. The zero-order chi connectivity index (χ0) is 15.5. The molecule has 1 aromatic rings. The van der Waals surface area contributed by atoms with Crippen LogP contribution in [0.5, 0.6) is 0 Å². The third kappa shape index (κ3) is 3.90. The molecule has 0 aromatic carbocycles. The van der Waals surface area contributed by atoms with Gasteiger partial charge in [-0.05, 0) is 37.3 Å². The first-order valence-electron chi connectivity index (χ1n) is 8.77. The van der Waals surface area contributed by atoms with E-state index in [0.717, 1.165) is 30.6 Å². The molecule has 0 aliphatic carbocycles. The zero-order valence-corrected chi connectivity index (χ0v) is 14.5. The molecule has 126 valence electrons. The number of aromatic nitrogens is 1. The Morgan fingerprint density at radius 3 is 2.96 bits per heavy atom. The first-order chi connectivity index (χ1) is 11.3. The highest BCUT2D eigenvalue weighted by atomic mass is 32.2. The molecule has 3 aliphatic rings. The highest BCUT2D eigenvalue weighted by Gasteiger charge is 2.49. The van der Waals surface area contributed by atoms with Crippen molar-refractivity contribution in [2.75, 3.05) is 38.6 Å². The molecule has 0 bridgehead atoms. The summed E-state index contributed by atoms with van der Waals surface area (Å²) >= 11 is 2.13. The minimum Gasteiger partial charge on any atom is -0.381 e. The van der Waals surface area contributed by atoms with Crippen molar-refractivity contribution in [3.05, 3.63) is 30.1 Å². The molecule has 3 saturated heterocycles. The monoisotopic (exact) mass is 334 g/mol. The third-order valence-corrected chi connectivity index (χ3v) is 6.82. The van der Waals surface area contributed by atoms with Gasteiger partial charge in [-0.2, -0.15) is 0 Å². The van der Waals surface area contributed by atoms with E-state index in [2.05, 4.69) is 21.6 Å². The molecule has 1 spiro atoms. The lowest BCUT2D eigenvalue weighted by Crippen LogP contribution is -2.59. The molecule has 23 heavy (non-hydrogen) atoms. The molecule has 4 nitrogen and oxygen atoms in total. The molecule has 0 saturated carbocycles. The van der Waals surface area contributed by atoms with Crippen molar-refractivity contribution in [1.82, 2.24) is 9.88 Å². The second-order valence-electron chi connectivity index (χ2n) is 7.18. The summed E-state index contributed by atoms with van der Waals surface area (Å²) in [7, 11) is 0. The Bertz CT molecular complexity index is 501. The summed E-state index contributed by atoms with van der Waals surface area (Å²) < 4.78 is 12.0. The van der Waals surface area contributed by atoms with Crippen LogP contribution in [0.15, 0.2) is 24.4 Å². The Kier molecular flexibility index (Phi) is 4.90. The van der Waals surface area contributed by atoms with E-state index >= 15 is 0 Å². The van der Waals surface area contributed by atoms with Crippen LogP contribution in [-0.4, -0.2) is 59.3 Å². The summed E-state index contributed by atoms with van der Waals surface area (Å²) in [5.74, 6) is 1.99. The summed E-state index contributed by atoms with van der Waals surface area (Å²) in [6.45, 7) is 6.33. The number of pyridine rings is 1. The Balaban J connectivity index is 1.19. The molecule has 3 fully saturated rings. The fraction of sp³-hybridized carbons (Fsp3) is 0.722. The lowest BCUT2D eigenvalue weighted by Gasteiger charge is -2.49. The number of likely N-dealkylation sites (tertiary alicyclic amines) is 1. The Hall–Kier alpha value is -0.620. The van der Waals surface area contributed by atoms with Crippen LogP contribution in [0.1, 0.15) is 25.0 Å². The molecule has 1 aromatic heterocycles. The summed E-state index contributed by atoms with van der Waals surface area (Å²) in [5, 5.41) is 0. The summed E-state index contributed by atoms with van der Waals surface area (Å²) in [5.41, 5.74) is 1.04. The van der Waals surface area contributed by atoms with Gasteiger partial charge in [0.05, 0.1) is 18.4 Å². The summed E-state index contributed by atoms with van der Waals surface area (Å²) in [4.78, 5) is 6.98. The first-order valence-corrected chi connectivity index (χ1v) is 9.75. The zero-order valence-electron chi connectivity index (χ0n) is 13.7. The maximum absolute atomic E-state index is 6.09. The predicted molar refractivity (Wildman–Crippen MR) is 92.6 cm³/mol. The normalized spacial score (nSPS) is 28.1. The molecule has 5 heteroatoms. The molecule has 0 radical (unpaired) electrons. The molecule has 0 amide bonds. The molecule has 3 aliphatic heterocycles. The van der Waals surface area contributed by atoms with E-state index in [0.29, 0.717) is 17.5 Å². The number of ether oxygens (including phenoxy) is 2. The lowest BCUT2D eigenvalue weighted by molar-refractivity contribution is 0.0103. The van der Waals surface area contributed by atoms with E-state index in [1.54, 1.807) is 0 Å². The summed E-state index contributed by atoms with van der Waals surface area (Å²) in [6, 6.07) is 6.01. The minimum atomic E-state index is 0.396. The number of thioether (sulfide) groups is 1. The second-order valence-corrected chi connectivity index (χ2v) is 8.67. The van der Waals surface area contributed by atoms with E-state index in [1.807, 2.05) is 24.4 Å². The van der Waals surface area contributed by atoms with Gasteiger partial charge in [0.1, 0.15) is 0 Å². The van der Waals surface area contributed by atoms with Gasteiger partial charge in [-0.3, -0.25) is 4.98 Å². The molecule has 0 unspecified atom stereocenters. The van der Waals surface area contributed by atoms with Crippen molar-refractivity contribution in [3.8, 4) is 0 Å². The van der Waals surface area contributed by atoms with Gasteiger partial charge in [0.15, 0.2) is 0 Å².